The van der Waals surface area contributed by atoms with E-state index in [1.807, 2.05) is 12.1 Å². The van der Waals surface area contributed by atoms with Gasteiger partial charge in [0, 0.05) is 0 Å². The Morgan fingerprint density at radius 1 is 1.07 bits per heavy atom. The van der Waals surface area contributed by atoms with E-state index in [0.29, 0.717) is 12.4 Å². The summed E-state index contributed by atoms with van der Waals surface area (Å²) in [5.41, 5.74) is -0.202. The molecule has 5 nitrogen and oxygen atoms in total. The van der Waals surface area contributed by atoms with Crippen LogP contribution in [0.1, 0.15) is 20.8 Å². The van der Waals surface area contributed by atoms with E-state index < -0.39 is 20.8 Å². The van der Waals surface area contributed by atoms with Gasteiger partial charge in [0.15, 0.2) is 0 Å². The molecular weight excluding hydrogens is 404 g/mol. The van der Waals surface area contributed by atoms with Crippen LogP contribution in [0, 0.1) is 0 Å². The molecular formula is C22H28O5SSi. The zero-order valence-electron chi connectivity index (χ0n) is 17.3. The van der Waals surface area contributed by atoms with Crippen LogP contribution in [0.3, 0.4) is 0 Å². The zero-order chi connectivity index (χ0) is 20.9. The second kappa shape index (κ2) is 9.34. The molecule has 7 heteroatoms. The van der Waals surface area contributed by atoms with Gasteiger partial charge in [-0.1, -0.05) is 81.4 Å². The molecule has 3 rings (SSSR count). The van der Waals surface area contributed by atoms with Gasteiger partial charge < -0.3 is 18.6 Å². The molecule has 2 atom stereocenters. The second-order valence-corrected chi connectivity index (χ2v) is 13.4. The molecule has 0 saturated carbocycles. The minimum absolute atomic E-state index is 0.0963. The van der Waals surface area contributed by atoms with Gasteiger partial charge >= 0.3 is 6.16 Å². The molecule has 0 spiro atoms. The van der Waals surface area contributed by atoms with Crippen LogP contribution in [-0.4, -0.2) is 45.7 Å². The summed E-state index contributed by atoms with van der Waals surface area (Å²) in [4.78, 5) is 11.3. The van der Waals surface area contributed by atoms with Crippen LogP contribution in [0.4, 0.5) is 4.79 Å². The van der Waals surface area contributed by atoms with E-state index >= 15 is 0 Å². The number of hydrogen-bond acceptors (Lipinski definition) is 6. The molecule has 0 aromatic heterocycles. The highest BCUT2D eigenvalue weighted by atomic mass is 32.2. The van der Waals surface area contributed by atoms with E-state index in [-0.39, 0.29) is 10.5 Å². The molecule has 0 radical (unpaired) electrons. The average molecular weight is 433 g/mol. The van der Waals surface area contributed by atoms with Gasteiger partial charge in [0.1, 0.15) is 5.44 Å². The van der Waals surface area contributed by atoms with Gasteiger partial charge in [-0.15, -0.1) is 11.8 Å². The van der Waals surface area contributed by atoms with Crippen LogP contribution in [0.2, 0.25) is 5.04 Å². The molecule has 1 aliphatic heterocycles. The van der Waals surface area contributed by atoms with E-state index in [4.69, 9.17) is 13.9 Å². The molecule has 0 N–H and O–H groups in total. The zero-order valence-corrected chi connectivity index (χ0v) is 19.1. The van der Waals surface area contributed by atoms with Crippen molar-refractivity contribution >= 4 is 36.6 Å². The lowest BCUT2D eigenvalue weighted by Gasteiger charge is -2.43. The molecule has 1 saturated heterocycles. The van der Waals surface area contributed by atoms with Gasteiger partial charge in [0.05, 0.1) is 19.5 Å². The SMILES string of the molecule is COC(=O)O[C@@H]1CS[C@@H](CO[Si](c2ccccc2)(c2ccccc2)C(C)(C)C)O1. The summed E-state index contributed by atoms with van der Waals surface area (Å²) >= 11 is 1.59. The largest absolute Gasteiger partial charge is 0.510 e. The number of carbonyl (C=O) groups excluding carboxylic acids is 1. The third kappa shape index (κ3) is 4.86. The molecule has 29 heavy (non-hydrogen) atoms. The first kappa shape index (κ1) is 21.9. The molecule has 1 aliphatic rings. The Bertz CT molecular complexity index is 754. The molecule has 0 unspecified atom stereocenters. The Morgan fingerprint density at radius 2 is 1.62 bits per heavy atom. The third-order valence-electron chi connectivity index (χ3n) is 4.97. The molecule has 0 bridgehead atoms. The van der Waals surface area contributed by atoms with E-state index in [1.54, 1.807) is 11.8 Å². The Morgan fingerprint density at radius 3 is 2.10 bits per heavy atom. The fourth-order valence-corrected chi connectivity index (χ4v) is 9.26. The first-order chi connectivity index (χ1) is 13.9. The highest BCUT2D eigenvalue weighted by Crippen LogP contribution is 2.38. The molecule has 2 aromatic rings. The maximum atomic E-state index is 11.3. The predicted octanol–water partition coefficient (Wildman–Crippen LogP) is 3.76. The number of benzene rings is 2. The van der Waals surface area contributed by atoms with Crippen molar-refractivity contribution in [3.05, 3.63) is 60.7 Å². The van der Waals surface area contributed by atoms with Gasteiger partial charge in [-0.2, -0.15) is 0 Å². The monoisotopic (exact) mass is 432 g/mol. The van der Waals surface area contributed by atoms with Gasteiger partial charge in [0.25, 0.3) is 8.32 Å². The minimum Gasteiger partial charge on any atom is -0.438 e. The first-order valence-corrected chi connectivity index (χ1v) is 12.6. The standard InChI is InChI=1S/C22H28O5SSi/c1-22(2,3)29(17-11-7-5-8-12-17,18-13-9-6-10-14-18)25-15-20-26-19(16-28-20)27-21(23)24-4/h5-14,19-20H,15-16H2,1-4H3/t19-,20+/m1/s1. The Labute approximate surface area is 177 Å². The van der Waals surface area contributed by atoms with E-state index in [2.05, 4.69) is 74.0 Å². The van der Waals surface area contributed by atoms with E-state index in [9.17, 15) is 4.79 Å². The van der Waals surface area contributed by atoms with Gasteiger partial charge in [-0.3, -0.25) is 0 Å². The highest BCUT2D eigenvalue weighted by molar-refractivity contribution is 8.00. The van der Waals surface area contributed by atoms with Crippen molar-refractivity contribution in [3.63, 3.8) is 0 Å². The number of thioether (sulfide) groups is 1. The van der Waals surface area contributed by atoms with Crippen LogP contribution in [-0.2, 0) is 18.6 Å². The van der Waals surface area contributed by atoms with Crippen molar-refractivity contribution in [2.45, 2.75) is 37.5 Å². The van der Waals surface area contributed by atoms with Crippen molar-refractivity contribution in [1.82, 2.24) is 0 Å². The second-order valence-electron chi connectivity index (χ2n) is 7.87. The topological polar surface area (TPSA) is 54.0 Å². The Balaban J connectivity index is 1.86. The molecule has 0 amide bonds. The van der Waals surface area contributed by atoms with Gasteiger partial charge in [-0.05, 0) is 15.4 Å². The Hall–Kier alpha value is -1.80. The third-order valence-corrected chi connectivity index (χ3v) is 11.1. The van der Waals surface area contributed by atoms with Crippen molar-refractivity contribution in [1.29, 1.82) is 0 Å². The number of hydrogen-bond donors (Lipinski definition) is 0. The normalized spacial score (nSPS) is 19.7. The predicted molar refractivity (Wildman–Crippen MR) is 118 cm³/mol. The van der Waals surface area contributed by atoms with Crippen molar-refractivity contribution < 1.29 is 23.4 Å². The number of ether oxygens (including phenoxy) is 3. The number of methoxy groups -OCH3 is 1. The van der Waals surface area contributed by atoms with Crippen molar-refractivity contribution in [2.24, 2.45) is 0 Å². The van der Waals surface area contributed by atoms with Crippen LogP contribution in [0.15, 0.2) is 60.7 Å². The number of carbonyl (C=O) groups is 1. The maximum absolute atomic E-state index is 11.3. The molecule has 156 valence electrons. The van der Waals surface area contributed by atoms with Crippen LogP contribution < -0.4 is 10.4 Å². The van der Waals surface area contributed by atoms with Crippen LogP contribution in [0.25, 0.3) is 0 Å². The summed E-state index contributed by atoms with van der Waals surface area (Å²) in [7, 11) is -1.32. The van der Waals surface area contributed by atoms with E-state index in [0.717, 1.165) is 0 Å². The molecule has 2 aromatic carbocycles. The lowest BCUT2D eigenvalue weighted by Crippen LogP contribution is -2.67. The summed E-state index contributed by atoms with van der Waals surface area (Å²) in [6, 6.07) is 21.0. The highest BCUT2D eigenvalue weighted by Gasteiger charge is 2.50. The molecule has 1 heterocycles. The Kier molecular flexibility index (Phi) is 7.05. The summed E-state index contributed by atoms with van der Waals surface area (Å²) in [5.74, 6) is 0.559. The van der Waals surface area contributed by atoms with E-state index in [1.165, 1.54) is 17.5 Å². The summed E-state index contributed by atoms with van der Waals surface area (Å²) < 4.78 is 22.4. The fraction of sp³-hybridized carbons (Fsp3) is 0.409. The van der Waals surface area contributed by atoms with Crippen molar-refractivity contribution in [3.8, 4) is 0 Å². The first-order valence-electron chi connectivity index (χ1n) is 9.63. The number of rotatable bonds is 6. The van der Waals surface area contributed by atoms with Gasteiger partial charge in [0.2, 0.25) is 6.29 Å². The quantitative estimate of drug-likeness (QED) is 0.512. The minimum atomic E-state index is -2.60. The van der Waals surface area contributed by atoms with Crippen LogP contribution >= 0.6 is 11.8 Å². The van der Waals surface area contributed by atoms with Gasteiger partial charge in [-0.25, -0.2) is 4.79 Å². The smallest absolute Gasteiger partial charge is 0.438 e. The summed E-state index contributed by atoms with van der Waals surface area (Å²) in [6.07, 6.45) is -1.34. The lowest BCUT2D eigenvalue weighted by atomic mass is 10.2. The molecule has 0 aliphatic carbocycles. The molecule has 1 fully saturated rings. The maximum Gasteiger partial charge on any atom is 0.510 e. The summed E-state index contributed by atoms with van der Waals surface area (Å²) in [5, 5.41) is 2.36. The average Bonchev–Trinajstić information content (AvgIpc) is 3.16. The van der Waals surface area contributed by atoms with Crippen LogP contribution in [0.5, 0.6) is 0 Å². The van der Waals surface area contributed by atoms with Crippen molar-refractivity contribution in [2.75, 3.05) is 19.5 Å². The lowest BCUT2D eigenvalue weighted by molar-refractivity contribution is -0.109. The summed E-state index contributed by atoms with van der Waals surface area (Å²) in [6.45, 7) is 7.14. The fourth-order valence-electron chi connectivity index (χ4n) is 3.69.